The number of carbonyl (C=O) groups excluding carboxylic acids is 1. The van der Waals surface area contributed by atoms with Crippen LogP contribution < -0.4 is 5.32 Å². The molecule has 1 N–H and O–H groups in total. The molecule has 1 aromatic carbocycles. The van der Waals surface area contributed by atoms with Crippen molar-refractivity contribution < 1.29 is 4.79 Å². The monoisotopic (exact) mass is 392 g/mol. The summed E-state index contributed by atoms with van der Waals surface area (Å²) in [6, 6.07) is 10.3. The van der Waals surface area contributed by atoms with E-state index in [1.807, 2.05) is 31.3 Å². The van der Waals surface area contributed by atoms with E-state index in [2.05, 4.69) is 16.3 Å². The van der Waals surface area contributed by atoms with Gasteiger partial charge in [0.1, 0.15) is 0 Å². The fourth-order valence-corrected chi connectivity index (χ4v) is 4.54. The maximum atomic E-state index is 12.3. The minimum atomic E-state index is 0. The van der Waals surface area contributed by atoms with Gasteiger partial charge in [-0.2, -0.15) is 5.26 Å². The van der Waals surface area contributed by atoms with Crippen LogP contribution >= 0.6 is 24.2 Å². The summed E-state index contributed by atoms with van der Waals surface area (Å²) in [4.78, 5) is 19.4. The van der Waals surface area contributed by atoms with E-state index >= 15 is 0 Å². The third-order valence-corrected chi connectivity index (χ3v) is 6.02. The number of nitrogens with one attached hydrogen (secondary N) is 1. The summed E-state index contributed by atoms with van der Waals surface area (Å²) in [5, 5.41) is 12.7. The fraction of sp³-hybridized carbons (Fsp3) is 0.526. The number of hydrogen-bond acceptors (Lipinski definition) is 4. The van der Waals surface area contributed by atoms with Crippen molar-refractivity contribution in [3.05, 3.63) is 29.8 Å². The second kappa shape index (κ2) is 9.84. The van der Waals surface area contributed by atoms with E-state index in [-0.39, 0.29) is 24.4 Å². The maximum Gasteiger partial charge on any atom is 0.226 e. The smallest absolute Gasteiger partial charge is 0.226 e. The zero-order valence-corrected chi connectivity index (χ0v) is 16.6. The average molecular weight is 393 g/mol. The third kappa shape index (κ3) is 5.39. The number of carbonyl (C=O) groups is 1. The Morgan fingerprint density at radius 1 is 1.35 bits per heavy atom. The van der Waals surface area contributed by atoms with Crippen molar-refractivity contribution in [3.8, 4) is 6.07 Å². The molecule has 1 unspecified atom stereocenters. The zero-order valence-electron chi connectivity index (χ0n) is 15.0. The van der Waals surface area contributed by atoms with Crippen molar-refractivity contribution in [1.29, 1.82) is 5.26 Å². The van der Waals surface area contributed by atoms with Gasteiger partial charge in [-0.05, 0) is 30.5 Å². The molecule has 140 valence electrons. The lowest BCUT2D eigenvalue weighted by molar-refractivity contribution is -0.116. The van der Waals surface area contributed by atoms with Gasteiger partial charge in [-0.1, -0.05) is 36.7 Å². The van der Waals surface area contributed by atoms with Crippen molar-refractivity contribution >= 4 is 40.9 Å². The molecule has 1 atom stereocenters. The second-order valence-corrected chi connectivity index (χ2v) is 7.70. The van der Waals surface area contributed by atoms with Crippen LogP contribution in [0.25, 0.3) is 0 Å². The molecule has 0 radical (unpaired) electrons. The minimum absolute atomic E-state index is 0. The number of thioether (sulfide) groups is 1. The van der Waals surface area contributed by atoms with Gasteiger partial charge < -0.3 is 10.2 Å². The number of nitrogens with zero attached hydrogens (tertiary/aromatic N) is 3. The highest BCUT2D eigenvalue weighted by Gasteiger charge is 2.30. The van der Waals surface area contributed by atoms with E-state index in [0.29, 0.717) is 18.9 Å². The third-order valence-electron chi connectivity index (χ3n) is 4.81. The molecule has 3 rings (SSSR count). The Kier molecular flexibility index (Phi) is 7.80. The number of aliphatic imine (C=N–C) groups is 1. The highest BCUT2D eigenvalue weighted by atomic mass is 35.5. The summed E-state index contributed by atoms with van der Waals surface area (Å²) in [6.07, 6.45) is 5.83. The van der Waals surface area contributed by atoms with E-state index in [0.717, 1.165) is 22.2 Å². The topological polar surface area (TPSA) is 68.5 Å². The molecule has 5 nitrogen and oxygen atoms in total. The van der Waals surface area contributed by atoms with Crippen LogP contribution in [-0.2, 0) is 11.2 Å². The van der Waals surface area contributed by atoms with Gasteiger partial charge in [0.05, 0.1) is 18.5 Å². The Hall–Kier alpha value is -1.71. The summed E-state index contributed by atoms with van der Waals surface area (Å²) in [6.45, 7) is 0. The van der Waals surface area contributed by atoms with Crippen LogP contribution in [-0.4, -0.2) is 40.9 Å². The van der Waals surface area contributed by atoms with Crippen molar-refractivity contribution in [2.24, 2.45) is 4.99 Å². The van der Waals surface area contributed by atoms with Crippen LogP contribution in [0.15, 0.2) is 29.3 Å². The number of halogens is 1. The molecule has 2 aliphatic rings. The molecule has 7 heteroatoms. The molecule has 0 aromatic heterocycles. The Morgan fingerprint density at radius 3 is 2.69 bits per heavy atom. The van der Waals surface area contributed by atoms with Crippen LogP contribution in [0.2, 0.25) is 0 Å². The summed E-state index contributed by atoms with van der Waals surface area (Å²) >= 11 is 1.77. The number of hydrogen-bond donors (Lipinski definition) is 1. The van der Waals surface area contributed by atoms with Crippen LogP contribution in [0.5, 0.6) is 0 Å². The standard InChI is InChI=1S/C19H24N4OS.ClH/c1-23-17(13-25-19(23)22-15-4-2-3-5-15)12-18(24)21-16-8-6-14(7-9-16)10-11-20;/h6-9,15,17H,2-5,10,12-13H2,1H3,(H,21,24);1H/b22-19-;. The Balaban J connectivity index is 0.00000243. The number of rotatable bonds is 5. The van der Waals surface area contributed by atoms with Crippen LogP contribution in [0, 0.1) is 11.3 Å². The van der Waals surface area contributed by atoms with Gasteiger partial charge >= 0.3 is 0 Å². The number of anilines is 1. The molecule has 0 bridgehead atoms. The normalized spacial score (nSPS) is 21.5. The van der Waals surface area contributed by atoms with E-state index < -0.39 is 0 Å². The second-order valence-electron chi connectivity index (χ2n) is 6.71. The average Bonchev–Trinajstić information content (AvgIpc) is 3.22. The molecule has 1 aromatic rings. The lowest BCUT2D eigenvalue weighted by Gasteiger charge is -2.21. The predicted molar refractivity (Wildman–Crippen MR) is 110 cm³/mol. The van der Waals surface area contributed by atoms with Gasteiger partial charge in [0.15, 0.2) is 5.17 Å². The van der Waals surface area contributed by atoms with Gasteiger partial charge in [-0.3, -0.25) is 9.79 Å². The Morgan fingerprint density at radius 2 is 2.04 bits per heavy atom. The van der Waals surface area contributed by atoms with E-state index in [9.17, 15) is 4.79 Å². The molecule has 0 spiro atoms. The minimum Gasteiger partial charge on any atom is -0.350 e. The number of benzene rings is 1. The summed E-state index contributed by atoms with van der Waals surface area (Å²) < 4.78 is 0. The van der Waals surface area contributed by atoms with E-state index in [1.165, 1.54) is 25.7 Å². The predicted octanol–water partition coefficient (Wildman–Crippen LogP) is 3.85. The van der Waals surface area contributed by atoms with Gasteiger partial charge in [-0.25, -0.2) is 0 Å². The summed E-state index contributed by atoms with van der Waals surface area (Å²) in [5.41, 5.74) is 1.74. The highest BCUT2D eigenvalue weighted by Crippen LogP contribution is 2.28. The number of amides is 1. The lowest BCUT2D eigenvalue weighted by atomic mass is 10.1. The summed E-state index contributed by atoms with van der Waals surface area (Å²) in [7, 11) is 2.04. The van der Waals surface area contributed by atoms with E-state index in [1.54, 1.807) is 11.8 Å². The molecular weight excluding hydrogens is 368 g/mol. The van der Waals surface area contributed by atoms with E-state index in [4.69, 9.17) is 10.3 Å². The highest BCUT2D eigenvalue weighted by molar-refractivity contribution is 8.14. The fourth-order valence-electron chi connectivity index (χ4n) is 3.28. The molecule has 2 fully saturated rings. The molecule has 1 saturated heterocycles. The Labute approximate surface area is 165 Å². The molecule has 1 amide bonds. The Bertz CT molecular complexity index is 680. The molecular formula is C19H25ClN4OS. The maximum absolute atomic E-state index is 12.3. The first kappa shape index (κ1) is 20.6. The van der Waals surface area contributed by atoms with Gasteiger partial charge in [0.2, 0.25) is 5.91 Å². The number of nitriles is 1. The first-order chi connectivity index (χ1) is 12.2. The molecule has 1 aliphatic carbocycles. The van der Waals surface area contributed by atoms with Gasteiger partial charge in [-0.15, -0.1) is 12.4 Å². The first-order valence-corrected chi connectivity index (χ1v) is 9.83. The molecule has 1 saturated carbocycles. The lowest BCUT2D eigenvalue weighted by Crippen LogP contribution is -2.34. The van der Waals surface area contributed by atoms with Crippen molar-refractivity contribution in [2.45, 2.75) is 50.6 Å². The summed E-state index contributed by atoms with van der Waals surface area (Å²) in [5.74, 6) is 0.934. The quantitative estimate of drug-likeness (QED) is 0.826. The van der Waals surface area contributed by atoms with Crippen molar-refractivity contribution in [2.75, 3.05) is 18.1 Å². The SMILES string of the molecule is CN1/C(=N/C2CCCC2)SCC1CC(=O)Nc1ccc(CC#N)cc1.Cl. The zero-order chi connectivity index (χ0) is 17.6. The number of amidine groups is 1. The van der Waals surface area contributed by atoms with Crippen LogP contribution in [0.1, 0.15) is 37.7 Å². The molecule has 26 heavy (non-hydrogen) atoms. The molecule has 1 heterocycles. The van der Waals surface area contributed by atoms with Gasteiger partial charge in [0.25, 0.3) is 0 Å². The van der Waals surface area contributed by atoms with Crippen LogP contribution in [0.3, 0.4) is 0 Å². The van der Waals surface area contributed by atoms with Crippen LogP contribution in [0.4, 0.5) is 5.69 Å². The molecule has 1 aliphatic heterocycles. The van der Waals surface area contributed by atoms with Gasteiger partial charge in [0, 0.05) is 31.0 Å². The van der Waals surface area contributed by atoms with Crippen molar-refractivity contribution in [3.63, 3.8) is 0 Å². The first-order valence-electron chi connectivity index (χ1n) is 8.85. The van der Waals surface area contributed by atoms with Crippen molar-refractivity contribution in [1.82, 2.24) is 4.90 Å². The largest absolute Gasteiger partial charge is 0.350 e.